The smallest absolute Gasteiger partial charge is 0.268 e. The number of aromatic nitrogens is 1. The molecule has 2 unspecified atom stereocenters. The molecule has 1 aliphatic heterocycles. The van der Waals surface area contributed by atoms with E-state index < -0.39 is 29.7 Å². The number of rotatable bonds is 8. The van der Waals surface area contributed by atoms with Gasteiger partial charge in [0.05, 0.1) is 11.6 Å². The molecule has 1 saturated heterocycles. The summed E-state index contributed by atoms with van der Waals surface area (Å²) >= 11 is 5.98. The van der Waals surface area contributed by atoms with Crippen molar-refractivity contribution in [3.63, 3.8) is 0 Å². The molecule has 2 fully saturated rings. The van der Waals surface area contributed by atoms with Gasteiger partial charge in [-0.3, -0.25) is 14.4 Å². The van der Waals surface area contributed by atoms with Crippen LogP contribution in [-0.2, 0) is 9.59 Å². The number of piperidine rings is 1. The predicted molar refractivity (Wildman–Crippen MR) is 120 cm³/mol. The third-order valence-electron chi connectivity index (χ3n) is 6.21. The second-order valence-corrected chi connectivity index (χ2v) is 9.15. The van der Waals surface area contributed by atoms with Crippen molar-refractivity contribution in [3.05, 3.63) is 34.7 Å². The molecule has 4 N–H and O–H groups in total. The van der Waals surface area contributed by atoms with E-state index in [9.17, 15) is 24.0 Å². The summed E-state index contributed by atoms with van der Waals surface area (Å²) < 4.78 is 13.7. The molecule has 1 aromatic heterocycles. The SMILES string of the molecule is N#CC(C[C@@H]1CCCNC1=O)NC(=O)C(CC1CC1)NC(=O)c1cc2ccc(F)c(Cl)c2[nH]1. The minimum absolute atomic E-state index is 0.104. The first-order chi connectivity index (χ1) is 15.9. The maximum absolute atomic E-state index is 13.7. The first-order valence-electron chi connectivity index (χ1n) is 11.1. The molecule has 174 valence electrons. The molecule has 1 saturated carbocycles. The lowest BCUT2D eigenvalue weighted by atomic mass is 9.92. The van der Waals surface area contributed by atoms with Crippen LogP contribution in [0.2, 0.25) is 5.02 Å². The van der Waals surface area contributed by atoms with Crippen molar-refractivity contribution in [2.75, 3.05) is 6.54 Å². The van der Waals surface area contributed by atoms with Crippen LogP contribution in [-0.4, -0.2) is 41.3 Å². The van der Waals surface area contributed by atoms with Crippen LogP contribution in [0.4, 0.5) is 4.39 Å². The van der Waals surface area contributed by atoms with Gasteiger partial charge < -0.3 is 20.9 Å². The highest BCUT2D eigenvalue weighted by Gasteiger charge is 2.33. The van der Waals surface area contributed by atoms with Gasteiger partial charge in [-0.2, -0.15) is 5.26 Å². The molecule has 2 aromatic rings. The number of H-pyrrole nitrogens is 1. The first kappa shape index (κ1) is 23.1. The lowest BCUT2D eigenvalue weighted by Gasteiger charge is -2.25. The van der Waals surface area contributed by atoms with E-state index in [1.165, 1.54) is 12.1 Å². The van der Waals surface area contributed by atoms with Crippen molar-refractivity contribution in [1.82, 2.24) is 20.9 Å². The number of aromatic amines is 1. The van der Waals surface area contributed by atoms with E-state index in [-0.39, 0.29) is 29.0 Å². The van der Waals surface area contributed by atoms with Gasteiger partial charge in [-0.05, 0) is 49.8 Å². The number of hydrogen-bond donors (Lipinski definition) is 4. The van der Waals surface area contributed by atoms with Gasteiger partial charge in [0, 0.05) is 17.8 Å². The lowest BCUT2D eigenvalue weighted by Crippen LogP contribution is -2.50. The molecule has 0 spiro atoms. The van der Waals surface area contributed by atoms with Crippen LogP contribution in [0.25, 0.3) is 10.9 Å². The average molecular weight is 474 g/mol. The Balaban J connectivity index is 1.44. The Hall–Kier alpha value is -3.12. The predicted octanol–water partition coefficient (Wildman–Crippen LogP) is 2.78. The Kier molecular flexibility index (Phi) is 6.84. The minimum atomic E-state index is -0.834. The fraction of sp³-hybridized carbons (Fsp3) is 0.478. The van der Waals surface area contributed by atoms with E-state index in [0.29, 0.717) is 36.2 Å². The van der Waals surface area contributed by atoms with Gasteiger partial charge in [-0.15, -0.1) is 0 Å². The van der Waals surface area contributed by atoms with Gasteiger partial charge in [0.25, 0.3) is 5.91 Å². The molecule has 3 amide bonds. The molecule has 10 heteroatoms. The van der Waals surface area contributed by atoms with Crippen LogP contribution in [0.1, 0.15) is 49.0 Å². The van der Waals surface area contributed by atoms with E-state index in [0.717, 1.165) is 19.3 Å². The maximum Gasteiger partial charge on any atom is 0.268 e. The van der Waals surface area contributed by atoms with Gasteiger partial charge in [-0.1, -0.05) is 24.4 Å². The van der Waals surface area contributed by atoms with Gasteiger partial charge >= 0.3 is 0 Å². The highest BCUT2D eigenvalue weighted by Crippen LogP contribution is 2.34. The van der Waals surface area contributed by atoms with Crippen molar-refractivity contribution >= 4 is 40.2 Å². The Labute approximate surface area is 195 Å². The number of nitriles is 1. The number of carbonyl (C=O) groups excluding carboxylic acids is 3. The third-order valence-corrected chi connectivity index (χ3v) is 6.58. The third kappa shape index (κ3) is 5.45. The van der Waals surface area contributed by atoms with Crippen LogP contribution in [0.5, 0.6) is 0 Å². The fourth-order valence-corrected chi connectivity index (χ4v) is 4.40. The zero-order valence-electron chi connectivity index (χ0n) is 17.9. The molecule has 33 heavy (non-hydrogen) atoms. The largest absolute Gasteiger partial charge is 0.356 e. The van der Waals surface area contributed by atoms with Crippen LogP contribution < -0.4 is 16.0 Å². The Morgan fingerprint density at radius 3 is 2.73 bits per heavy atom. The summed E-state index contributed by atoms with van der Waals surface area (Å²) in [5.74, 6) is -1.68. The topological polar surface area (TPSA) is 127 Å². The number of nitrogens with one attached hydrogen (secondary N) is 4. The molecule has 3 atom stereocenters. The number of benzene rings is 1. The van der Waals surface area contributed by atoms with Gasteiger partial charge in [0.1, 0.15) is 28.6 Å². The van der Waals surface area contributed by atoms with E-state index in [2.05, 4.69) is 27.0 Å². The zero-order chi connectivity index (χ0) is 23.5. The molecule has 2 aliphatic rings. The molecule has 1 aliphatic carbocycles. The number of amides is 3. The van der Waals surface area contributed by atoms with Crippen molar-refractivity contribution in [1.29, 1.82) is 5.26 Å². The van der Waals surface area contributed by atoms with Crippen LogP contribution in [0.3, 0.4) is 0 Å². The molecule has 2 heterocycles. The van der Waals surface area contributed by atoms with Gasteiger partial charge in [0.2, 0.25) is 11.8 Å². The van der Waals surface area contributed by atoms with Gasteiger partial charge in [0.15, 0.2) is 0 Å². The highest BCUT2D eigenvalue weighted by molar-refractivity contribution is 6.35. The molecule has 0 radical (unpaired) electrons. The first-order valence-corrected chi connectivity index (χ1v) is 11.5. The van der Waals surface area contributed by atoms with Gasteiger partial charge in [-0.25, -0.2) is 4.39 Å². The summed E-state index contributed by atoms with van der Waals surface area (Å²) in [5.41, 5.74) is 0.460. The normalized spacial score (nSPS) is 19.9. The number of hydrogen-bond acceptors (Lipinski definition) is 4. The standard InChI is InChI=1S/C23H25ClFN5O3/c24-19-16(25)6-5-13-10-18(29-20(13)19)23(33)30-17(8-12-3-4-12)22(32)28-15(11-26)9-14-2-1-7-27-21(14)31/h5-6,10,12,14-15,17,29H,1-4,7-9H2,(H,27,31)(H,28,32)(H,30,33)/t14-,15?,17?/m0/s1. The second kappa shape index (κ2) is 9.79. The fourth-order valence-electron chi connectivity index (χ4n) is 4.18. The molecular formula is C23H25ClFN5O3. The van der Waals surface area contributed by atoms with E-state index in [1.54, 1.807) is 6.07 Å². The Morgan fingerprint density at radius 2 is 2.03 bits per heavy atom. The Morgan fingerprint density at radius 1 is 1.24 bits per heavy atom. The van der Waals surface area contributed by atoms with Crippen molar-refractivity contribution in [3.8, 4) is 6.07 Å². The van der Waals surface area contributed by atoms with Crippen LogP contribution in [0, 0.1) is 29.0 Å². The Bertz CT molecular complexity index is 1120. The molecule has 8 nitrogen and oxygen atoms in total. The van der Waals surface area contributed by atoms with Crippen molar-refractivity contribution < 1.29 is 18.8 Å². The summed E-state index contributed by atoms with van der Waals surface area (Å²) in [4.78, 5) is 40.7. The zero-order valence-corrected chi connectivity index (χ0v) is 18.7. The van der Waals surface area contributed by atoms with E-state index in [1.807, 2.05) is 0 Å². The quantitative estimate of drug-likeness (QED) is 0.470. The second-order valence-electron chi connectivity index (χ2n) is 8.77. The number of nitrogens with zero attached hydrogens (tertiary/aromatic N) is 1. The lowest BCUT2D eigenvalue weighted by molar-refractivity contribution is -0.128. The summed E-state index contributed by atoms with van der Waals surface area (Å²) in [6.07, 6.45) is 4.14. The minimum Gasteiger partial charge on any atom is -0.356 e. The maximum atomic E-state index is 13.7. The van der Waals surface area contributed by atoms with Crippen molar-refractivity contribution in [2.45, 2.75) is 50.6 Å². The molecule has 0 bridgehead atoms. The van der Waals surface area contributed by atoms with E-state index >= 15 is 0 Å². The molecule has 1 aromatic carbocycles. The number of halogens is 2. The average Bonchev–Trinajstić information content (AvgIpc) is 3.51. The van der Waals surface area contributed by atoms with Crippen molar-refractivity contribution in [2.24, 2.45) is 11.8 Å². The number of carbonyl (C=O) groups is 3. The molecular weight excluding hydrogens is 449 g/mol. The number of fused-ring (bicyclic) bond motifs is 1. The highest BCUT2D eigenvalue weighted by atomic mass is 35.5. The molecule has 4 rings (SSSR count). The summed E-state index contributed by atoms with van der Waals surface area (Å²) in [6, 6.07) is 4.67. The van der Waals surface area contributed by atoms with Crippen LogP contribution in [0.15, 0.2) is 18.2 Å². The summed E-state index contributed by atoms with van der Waals surface area (Å²) in [6.45, 7) is 0.625. The van der Waals surface area contributed by atoms with E-state index in [4.69, 9.17) is 11.6 Å². The summed E-state index contributed by atoms with van der Waals surface area (Å²) in [5, 5.41) is 18.2. The van der Waals surface area contributed by atoms with Crippen LogP contribution >= 0.6 is 11.6 Å². The monoisotopic (exact) mass is 473 g/mol. The summed E-state index contributed by atoms with van der Waals surface area (Å²) in [7, 11) is 0.